The fourth-order valence-corrected chi connectivity index (χ4v) is 1.74. The molecule has 1 aromatic heterocycles. The molecule has 0 aliphatic rings. The van der Waals surface area contributed by atoms with Crippen LogP contribution in [0.1, 0.15) is 12.7 Å². The molecular weight excluding hydrogens is 272 g/mol. The first-order chi connectivity index (χ1) is 8.97. The van der Waals surface area contributed by atoms with Crippen molar-refractivity contribution in [3.8, 4) is 11.5 Å². The SMILES string of the molecule is CC(N)Cc1noc(-c2ccc(Cl)cc2[N+](=O)[O-])n1. The standard InChI is InChI=1S/C11H11ClN4O3/c1-6(13)4-10-14-11(19-15-10)8-3-2-7(12)5-9(8)16(17)18/h2-3,5-6H,4,13H2,1H3. The second-order valence-electron chi connectivity index (χ2n) is 4.12. The van der Waals surface area contributed by atoms with Crippen molar-refractivity contribution in [1.29, 1.82) is 0 Å². The zero-order chi connectivity index (χ0) is 14.0. The number of hydrogen-bond donors (Lipinski definition) is 1. The van der Waals surface area contributed by atoms with Gasteiger partial charge in [0.15, 0.2) is 5.82 Å². The molecule has 1 aromatic carbocycles. The number of hydrogen-bond acceptors (Lipinski definition) is 6. The quantitative estimate of drug-likeness (QED) is 0.680. The molecule has 1 heterocycles. The zero-order valence-corrected chi connectivity index (χ0v) is 10.8. The van der Waals surface area contributed by atoms with Crippen LogP contribution in [0.3, 0.4) is 0 Å². The van der Waals surface area contributed by atoms with Gasteiger partial charge in [0.25, 0.3) is 11.6 Å². The van der Waals surface area contributed by atoms with Gasteiger partial charge >= 0.3 is 0 Å². The smallest absolute Gasteiger partial charge is 0.283 e. The number of rotatable bonds is 4. The number of benzene rings is 1. The highest BCUT2D eigenvalue weighted by atomic mass is 35.5. The second-order valence-corrected chi connectivity index (χ2v) is 4.55. The first-order valence-electron chi connectivity index (χ1n) is 5.50. The molecule has 0 fully saturated rings. The summed E-state index contributed by atoms with van der Waals surface area (Å²) in [6.45, 7) is 1.81. The van der Waals surface area contributed by atoms with E-state index in [9.17, 15) is 10.1 Å². The Hall–Kier alpha value is -1.99. The highest BCUT2D eigenvalue weighted by Gasteiger charge is 2.21. The summed E-state index contributed by atoms with van der Waals surface area (Å²) in [4.78, 5) is 14.5. The molecule has 8 heteroatoms. The van der Waals surface area contributed by atoms with E-state index in [-0.39, 0.29) is 28.2 Å². The molecule has 2 rings (SSSR count). The lowest BCUT2D eigenvalue weighted by Crippen LogP contribution is -2.18. The Kier molecular flexibility index (Phi) is 3.77. The molecule has 0 bridgehead atoms. The Labute approximate surface area is 113 Å². The summed E-state index contributed by atoms with van der Waals surface area (Å²) in [6.07, 6.45) is 0.435. The van der Waals surface area contributed by atoms with Gasteiger partial charge < -0.3 is 10.3 Å². The molecule has 0 aliphatic carbocycles. The average Bonchev–Trinajstić information content (AvgIpc) is 2.76. The third-order valence-corrected chi connectivity index (χ3v) is 2.59. The summed E-state index contributed by atoms with van der Waals surface area (Å²) in [5, 5.41) is 15.0. The Morgan fingerprint density at radius 3 is 2.95 bits per heavy atom. The minimum absolute atomic E-state index is 0.0824. The predicted octanol–water partition coefficient (Wildman–Crippen LogP) is 2.19. The van der Waals surface area contributed by atoms with E-state index < -0.39 is 4.92 Å². The van der Waals surface area contributed by atoms with Crippen molar-refractivity contribution in [2.24, 2.45) is 5.73 Å². The van der Waals surface area contributed by atoms with E-state index in [0.29, 0.717) is 12.2 Å². The van der Waals surface area contributed by atoms with Crippen LogP contribution < -0.4 is 5.73 Å². The lowest BCUT2D eigenvalue weighted by Gasteiger charge is -1.98. The van der Waals surface area contributed by atoms with Crippen molar-refractivity contribution in [3.05, 3.63) is 39.2 Å². The number of nitro groups is 1. The molecule has 0 radical (unpaired) electrons. The number of nitrogens with zero attached hydrogens (tertiary/aromatic N) is 3. The maximum Gasteiger partial charge on any atom is 0.283 e. The summed E-state index contributed by atoms with van der Waals surface area (Å²) in [7, 11) is 0. The highest BCUT2D eigenvalue weighted by molar-refractivity contribution is 6.30. The van der Waals surface area contributed by atoms with Crippen LogP contribution in [0.25, 0.3) is 11.5 Å². The molecular formula is C11H11ClN4O3. The molecule has 0 saturated carbocycles. The Morgan fingerprint density at radius 2 is 2.32 bits per heavy atom. The van der Waals surface area contributed by atoms with E-state index >= 15 is 0 Å². The van der Waals surface area contributed by atoms with E-state index in [1.807, 2.05) is 0 Å². The molecule has 1 atom stereocenters. The third kappa shape index (κ3) is 3.07. The van der Waals surface area contributed by atoms with Crippen LogP contribution in [0.15, 0.2) is 22.7 Å². The van der Waals surface area contributed by atoms with Crippen LogP contribution >= 0.6 is 11.6 Å². The Morgan fingerprint density at radius 1 is 1.58 bits per heavy atom. The normalized spacial score (nSPS) is 12.4. The lowest BCUT2D eigenvalue weighted by atomic mass is 10.2. The van der Waals surface area contributed by atoms with Gasteiger partial charge in [0.2, 0.25) is 0 Å². The molecule has 19 heavy (non-hydrogen) atoms. The summed E-state index contributed by atoms with van der Waals surface area (Å²) in [5.41, 5.74) is 5.68. The highest BCUT2D eigenvalue weighted by Crippen LogP contribution is 2.31. The largest absolute Gasteiger partial charge is 0.334 e. The number of halogens is 1. The fourth-order valence-electron chi connectivity index (χ4n) is 1.57. The van der Waals surface area contributed by atoms with E-state index in [1.165, 1.54) is 18.2 Å². The third-order valence-electron chi connectivity index (χ3n) is 2.36. The molecule has 0 spiro atoms. The van der Waals surface area contributed by atoms with Crippen LogP contribution in [0.4, 0.5) is 5.69 Å². The predicted molar refractivity (Wildman–Crippen MR) is 68.8 cm³/mol. The molecule has 1 unspecified atom stereocenters. The second kappa shape index (κ2) is 5.33. The van der Waals surface area contributed by atoms with Crippen LogP contribution in [0.2, 0.25) is 5.02 Å². The van der Waals surface area contributed by atoms with Gasteiger partial charge in [-0.3, -0.25) is 10.1 Å². The summed E-state index contributed by atoms with van der Waals surface area (Å²) in [6, 6.07) is 4.13. The maximum atomic E-state index is 11.0. The van der Waals surface area contributed by atoms with Crippen LogP contribution in [0.5, 0.6) is 0 Å². The van der Waals surface area contributed by atoms with Crippen molar-refractivity contribution in [3.63, 3.8) is 0 Å². The van der Waals surface area contributed by atoms with Crippen LogP contribution in [-0.2, 0) is 6.42 Å². The Balaban J connectivity index is 2.41. The molecule has 100 valence electrons. The monoisotopic (exact) mass is 282 g/mol. The molecule has 7 nitrogen and oxygen atoms in total. The van der Waals surface area contributed by atoms with E-state index in [1.54, 1.807) is 6.92 Å². The molecule has 0 amide bonds. The summed E-state index contributed by atoms with van der Waals surface area (Å²) < 4.78 is 5.02. The summed E-state index contributed by atoms with van der Waals surface area (Å²) >= 11 is 5.73. The van der Waals surface area contributed by atoms with Crippen LogP contribution in [-0.4, -0.2) is 21.1 Å². The zero-order valence-electron chi connectivity index (χ0n) is 10.0. The van der Waals surface area contributed by atoms with Gasteiger partial charge in [0.1, 0.15) is 5.56 Å². The minimum Gasteiger partial charge on any atom is -0.334 e. The van der Waals surface area contributed by atoms with Gasteiger partial charge in [-0.25, -0.2) is 0 Å². The molecule has 2 aromatic rings. The van der Waals surface area contributed by atoms with Crippen molar-refractivity contribution >= 4 is 17.3 Å². The Bertz CT molecular complexity index is 612. The first-order valence-corrected chi connectivity index (χ1v) is 5.87. The van der Waals surface area contributed by atoms with E-state index in [4.69, 9.17) is 21.9 Å². The maximum absolute atomic E-state index is 11.0. The molecule has 0 saturated heterocycles. The van der Waals surface area contributed by atoms with E-state index in [0.717, 1.165) is 0 Å². The van der Waals surface area contributed by atoms with Crippen molar-refractivity contribution < 1.29 is 9.45 Å². The van der Waals surface area contributed by atoms with Gasteiger partial charge in [0, 0.05) is 23.6 Å². The van der Waals surface area contributed by atoms with Crippen molar-refractivity contribution in [2.45, 2.75) is 19.4 Å². The van der Waals surface area contributed by atoms with Gasteiger partial charge in [-0.05, 0) is 19.1 Å². The molecule has 2 N–H and O–H groups in total. The van der Waals surface area contributed by atoms with Gasteiger partial charge in [-0.2, -0.15) is 4.98 Å². The number of nitro benzene ring substituents is 1. The van der Waals surface area contributed by atoms with Gasteiger partial charge in [-0.1, -0.05) is 16.8 Å². The van der Waals surface area contributed by atoms with Gasteiger partial charge in [0.05, 0.1) is 4.92 Å². The average molecular weight is 283 g/mol. The van der Waals surface area contributed by atoms with Crippen molar-refractivity contribution in [1.82, 2.24) is 10.1 Å². The van der Waals surface area contributed by atoms with Gasteiger partial charge in [-0.15, -0.1) is 0 Å². The summed E-state index contributed by atoms with van der Waals surface area (Å²) in [5.74, 6) is 0.494. The number of nitrogens with two attached hydrogens (primary N) is 1. The first kappa shape index (κ1) is 13.4. The number of aromatic nitrogens is 2. The van der Waals surface area contributed by atoms with E-state index in [2.05, 4.69) is 10.1 Å². The van der Waals surface area contributed by atoms with Crippen molar-refractivity contribution in [2.75, 3.05) is 0 Å². The molecule has 0 aliphatic heterocycles. The lowest BCUT2D eigenvalue weighted by molar-refractivity contribution is -0.384. The topological polar surface area (TPSA) is 108 Å². The fraction of sp³-hybridized carbons (Fsp3) is 0.273. The van der Waals surface area contributed by atoms with Crippen LogP contribution in [0, 0.1) is 10.1 Å². The minimum atomic E-state index is -0.545.